The Labute approximate surface area is 194 Å². The number of amides is 1. The molecular formula is C23H15F3N2O5S. The van der Waals surface area contributed by atoms with E-state index < -0.39 is 40.2 Å². The van der Waals surface area contributed by atoms with Crippen molar-refractivity contribution >= 4 is 34.5 Å². The number of nitro benzene ring substituents is 1. The van der Waals surface area contributed by atoms with Gasteiger partial charge in [-0.15, -0.1) is 11.3 Å². The van der Waals surface area contributed by atoms with Crippen LogP contribution < -0.4 is 0 Å². The second-order valence-electron chi connectivity index (χ2n) is 7.44. The van der Waals surface area contributed by atoms with Gasteiger partial charge in [0.25, 0.3) is 17.4 Å². The maximum Gasteiger partial charge on any atom is 0.416 e. The highest BCUT2D eigenvalue weighted by atomic mass is 32.1. The number of thiophene rings is 1. The fourth-order valence-electron chi connectivity index (χ4n) is 3.72. The number of aliphatic hydroxyl groups is 1. The first-order chi connectivity index (χ1) is 16.1. The van der Waals surface area contributed by atoms with E-state index in [1.807, 2.05) is 0 Å². The van der Waals surface area contributed by atoms with Crippen molar-refractivity contribution in [2.75, 3.05) is 0 Å². The first-order valence-corrected chi connectivity index (χ1v) is 10.7. The van der Waals surface area contributed by atoms with Gasteiger partial charge in [0.05, 0.1) is 22.1 Å². The number of ketones is 1. The molecule has 34 heavy (non-hydrogen) atoms. The number of likely N-dealkylation sites (tertiary alicyclic amines) is 1. The van der Waals surface area contributed by atoms with Gasteiger partial charge in [-0.25, -0.2) is 0 Å². The summed E-state index contributed by atoms with van der Waals surface area (Å²) < 4.78 is 39.4. The van der Waals surface area contributed by atoms with E-state index in [4.69, 9.17) is 0 Å². The largest absolute Gasteiger partial charge is 0.507 e. The van der Waals surface area contributed by atoms with Crippen LogP contribution in [0.15, 0.2) is 71.6 Å². The molecule has 2 heterocycles. The number of halogens is 3. The zero-order valence-electron chi connectivity index (χ0n) is 17.2. The highest BCUT2D eigenvalue weighted by Crippen LogP contribution is 2.42. The summed E-state index contributed by atoms with van der Waals surface area (Å²) in [5.74, 6) is -2.50. The van der Waals surface area contributed by atoms with Crippen molar-refractivity contribution in [1.82, 2.24) is 4.90 Å². The van der Waals surface area contributed by atoms with E-state index in [0.29, 0.717) is 4.88 Å². The molecule has 1 saturated heterocycles. The Balaban J connectivity index is 1.78. The van der Waals surface area contributed by atoms with Gasteiger partial charge < -0.3 is 10.0 Å². The smallest absolute Gasteiger partial charge is 0.416 e. The first-order valence-electron chi connectivity index (χ1n) is 9.80. The van der Waals surface area contributed by atoms with Gasteiger partial charge in [0, 0.05) is 29.1 Å². The standard InChI is InChI=1S/C23H15F3N2O5S/c24-23(25,26)15-4-1-3-13(11-15)12-27-19(17-5-2-10-34-17)18(21(30)22(27)31)20(29)14-6-8-16(9-7-14)28(32)33/h1-11,19,29H,12H2/b20-18-. The molecule has 174 valence electrons. The van der Waals surface area contributed by atoms with E-state index in [1.165, 1.54) is 35.6 Å². The van der Waals surface area contributed by atoms with Gasteiger partial charge in [-0.1, -0.05) is 18.2 Å². The van der Waals surface area contributed by atoms with Gasteiger partial charge in [0.1, 0.15) is 5.76 Å². The predicted molar refractivity (Wildman–Crippen MR) is 117 cm³/mol. The molecule has 1 amide bonds. The van der Waals surface area contributed by atoms with Crippen molar-refractivity contribution in [1.29, 1.82) is 0 Å². The van der Waals surface area contributed by atoms with E-state index in [1.54, 1.807) is 17.5 Å². The minimum Gasteiger partial charge on any atom is -0.507 e. The third kappa shape index (κ3) is 4.29. The molecule has 0 saturated carbocycles. The number of hydrogen-bond donors (Lipinski definition) is 1. The predicted octanol–water partition coefficient (Wildman–Crippen LogP) is 5.30. The molecule has 4 rings (SSSR count). The number of non-ortho nitro benzene ring substituents is 1. The van der Waals surface area contributed by atoms with Crippen LogP contribution in [0.5, 0.6) is 0 Å². The second-order valence-corrected chi connectivity index (χ2v) is 8.42. The Morgan fingerprint density at radius 3 is 2.38 bits per heavy atom. The summed E-state index contributed by atoms with van der Waals surface area (Å²) in [7, 11) is 0. The number of nitrogens with zero attached hydrogens (tertiary/aromatic N) is 2. The number of benzene rings is 2. The van der Waals surface area contributed by atoms with Crippen LogP contribution in [-0.2, 0) is 22.3 Å². The van der Waals surface area contributed by atoms with Gasteiger partial charge in [0.2, 0.25) is 0 Å². The van der Waals surface area contributed by atoms with E-state index in [0.717, 1.165) is 29.2 Å². The van der Waals surface area contributed by atoms with Crippen molar-refractivity contribution in [2.45, 2.75) is 18.8 Å². The Kier molecular flexibility index (Phi) is 5.96. The lowest BCUT2D eigenvalue weighted by molar-refractivity contribution is -0.384. The minimum atomic E-state index is -4.58. The van der Waals surface area contributed by atoms with Gasteiger partial charge in [0.15, 0.2) is 0 Å². The number of carbonyl (C=O) groups is 2. The zero-order chi connectivity index (χ0) is 24.6. The van der Waals surface area contributed by atoms with E-state index in [9.17, 15) is 38.0 Å². The van der Waals surface area contributed by atoms with Crippen molar-refractivity contribution in [3.8, 4) is 0 Å². The van der Waals surface area contributed by atoms with Crippen LogP contribution >= 0.6 is 11.3 Å². The molecule has 2 aromatic carbocycles. The summed E-state index contributed by atoms with van der Waals surface area (Å²) in [6.07, 6.45) is -4.58. The lowest BCUT2D eigenvalue weighted by atomic mass is 9.99. The first kappa shape index (κ1) is 23.2. The second kappa shape index (κ2) is 8.75. The summed E-state index contributed by atoms with van der Waals surface area (Å²) in [4.78, 5) is 37.8. The molecule has 11 heteroatoms. The molecule has 0 bridgehead atoms. The molecule has 1 atom stereocenters. The molecule has 1 aliphatic heterocycles. The number of alkyl halides is 3. The van der Waals surface area contributed by atoms with Crippen LogP contribution in [0.4, 0.5) is 18.9 Å². The highest BCUT2D eigenvalue weighted by Gasteiger charge is 2.46. The highest BCUT2D eigenvalue weighted by molar-refractivity contribution is 7.10. The van der Waals surface area contributed by atoms with Crippen LogP contribution in [0.3, 0.4) is 0 Å². The number of hydrogen-bond acceptors (Lipinski definition) is 6. The molecule has 1 fully saturated rings. The van der Waals surface area contributed by atoms with Crippen LogP contribution in [0, 0.1) is 10.1 Å². The molecular weight excluding hydrogens is 473 g/mol. The summed E-state index contributed by atoms with van der Waals surface area (Å²) in [5.41, 5.74) is -1.11. The Bertz CT molecular complexity index is 1300. The third-order valence-corrected chi connectivity index (χ3v) is 6.24. The fourth-order valence-corrected chi connectivity index (χ4v) is 4.57. The molecule has 1 unspecified atom stereocenters. The molecule has 0 aliphatic carbocycles. The van der Waals surface area contributed by atoms with Gasteiger partial charge in [-0.2, -0.15) is 13.2 Å². The monoisotopic (exact) mass is 488 g/mol. The number of rotatable bonds is 5. The Morgan fingerprint density at radius 2 is 1.79 bits per heavy atom. The fraction of sp³-hybridized carbons (Fsp3) is 0.130. The van der Waals surface area contributed by atoms with Crippen molar-refractivity contribution in [3.05, 3.63) is 103 Å². The Hall–Kier alpha value is -3.99. The topological polar surface area (TPSA) is 101 Å². The molecule has 0 radical (unpaired) electrons. The maximum atomic E-state index is 13.1. The van der Waals surface area contributed by atoms with E-state index >= 15 is 0 Å². The van der Waals surface area contributed by atoms with Crippen molar-refractivity contribution in [2.24, 2.45) is 0 Å². The summed E-state index contributed by atoms with van der Waals surface area (Å²) in [6.45, 7) is -0.298. The van der Waals surface area contributed by atoms with E-state index in [2.05, 4.69) is 0 Å². The number of carbonyl (C=O) groups excluding carboxylic acids is 2. The molecule has 7 nitrogen and oxygen atoms in total. The molecule has 1 aromatic heterocycles. The van der Waals surface area contributed by atoms with E-state index in [-0.39, 0.29) is 28.9 Å². The summed E-state index contributed by atoms with van der Waals surface area (Å²) in [5, 5.41) is 23.5. The third-order valence-electron chi connectivity index (χ3n) is 5.31. The minimum absolute atomic E-state index is 0.0872. The lowest BCUT2D eigenvalue weighted by Gasteiger charge is -2.24. The van der Waals surface area contributed by atoms with Crippen molar-refractivity contribution in [3.63, 3.8) is 0 Å². The number of Topliss-reactive ketones (excluding diaryl/α,β-unsaturated/α-hetero) is 1. The SMILES string of the molecule is O=C1C(=O)N(Cc2cccc(C(F)(F)F)c2)C(c2cccs2)/C1=C(/O)c1ccc([N+](=O)[O-])cc1. The van der Waals surface area contributed by atoms with Gasteiger partial charge in [-0.05, 0) is 41.3 Å². The number of aliphatic hydroxyl groups excluding tert-OH is 1. The molecule has 3 aromatic rings. The van der Waals surface area contributed by atoms with Crippen LogP contribution in [-0.4, -0.2) is 26.6 Å². The molecule has 0 spiro atoms. The summed E-state index contributed by atoms with van der Waals surface area (Å²) in [6, 6.07) is 11.5. The van der Waals surface area contributed by atoms with Gasteiger partial charge in [-0.3, -0.25) is 19.7 Å². The normalized spacial score (nSPS) is 17.9. The average molecular weight is 488 g/mol. The van der Waals surface area contributed by atoms with Crippen LogP contribution in [0.25, 0.3) is 5.76 Å². The average Bonchev–Trinajstić information content (AvgIpc) is 3.41. The quantitative estimate of drug-likeness (QED) is 0.173. The van der Waals surface area contributed by atoms with Crippen molar-refractivity contribution < 1.29 is 32.8 Å². The van der Waals surface area contributed by atoms with Gasteiger partial charge >= 0.3 is 6.18 Å². The summed E-state index contributed by atoms with van der Waals surface area (Å²) >= 11 is 1.21. The zero-order valence-corrected chi connectivity index (χ0v) is 18.0. The van der Waals surface area contributed by atoms with Crippen LogP contribution in [0.1, 0.15) is 27.6 Å². The lowest BCUT2D eigenvalue weighted by Crippen LogP contribution is -2.29. The maximum absolute atomic E-state index is 13.1. The number of nitro groups is 1. The molecule has 1 aliphatic rings. The Morgan fingerprint density at radius 1 is 1.09 bits per heavy atom. The van der Waals surface area contributed by atoms with Crippen LogP contribution in [0.2, 0.25) is 0 Å². The molecule has 1 N–H and O–H groups in total.